The van der Waals surface area contributed by atoms with Gasteiger partial charge in [0.2, 0.25) is 11.8 Å². The quantitative estimate of drug-likeness (QED) is 0.179. The summed E-state index contributed by atoms with van der Waals surface area (Å²) in [6.45, 7) is 7.86. The maximum Gasteiger partial charge on any atom is 0.347 e. The van der Waals surface area contributed by atoms with Crippen molar-refractivity contribution in [3.05, 3.63) is 90.0 Å². The van der Waals surface area contributed by atoms with Crippen molar-refractivity contribution in [2.75, 3.05) is 6.61 Å². The number of carbonyl (C=O) groups excluding carboxylic acids is 1. The van der Waals surface area contributed by atoms with Gasteiger partial charge in [0.05, 0.1) is 25.0 Å². The van der Waals surface area contributed by atoms with E-state index in [0.717, 1.165) is 35.4 Å². The maximum absolute atomic E-state index is 12.3. The number of hydrogen-bond donors (Lipinski definition) is 0. The number of benzene rings is 2. The Labute approximate surface area is 223 Å². The van der Waals surface area contributed by atoms with Gasteiger partial charge in [-0.1, -0.05) is 43.7 Å². The molecular formula is C30H35N3O5. The molecule has 0 bridgehead atoms. The molecule has 8 heteroatoms. The normalized spacial score (nSPS) is 12.0. The van der Waals surface area contributed by atoms with E-state index in [1.54, 1.807) is 19.4 Å². The number of rotatable bonds is 14. The van der Waals surface area contributed by atoms with Gasteiger partial charge in [0.25, 0.3) is 0 Å². The lowest BCUT2D eigenvalue weighted by Gasteiger charge is -2.21. The molecular weight excluding hydrogens is 482 g/mol. The van der Waals surface area contributed by atoms with Crippen molar-refractivity contribution in [3.8, 4) is 17.2 Å². The van der Waals surface area contributed by atoms with Gasteiger partial charge in [0.1, 0.15) is 17.8 Å². The summed E-state index contributed by atoms with van der Waals surface area (Å²) in [7, 11) is 0. The second-order valence-corrected chi connectivity index (χ2v) is 9.10. The first-order chi connectivity index (χ1) is 18.6. The highest BCUT2D eigenvalue weighted by atomic mass is 16.6. The predicted octanol–water partition coefficient (Wildman–Crippen LogP) is 6.34. The molecule has 200 valence electrons. The lowest BCUT2D eigenvalue weighted by molar-refractivity contribution is -0.151. The monoisotopic (exact) mass is 517 g/mol. The van der Waals surface area contributed by atoms with Crippen LogP contribution < -0.4 is 4.74 Å². The van der Waals surface area contributed by atoms with Gasteiger partial charge in [-0.25, -0.2) is 14.8 Å². The highest BCUT2D eigenvalue weighted by Crippen LogP contribution is 2.24. The van der Waals surface area contributed by atoms with Crippen LogP contribution in [-0.4, -0.2) is 33.5 Å². The van der Waals surface area contributed by atoms with Crippen molar-refractivity contribution in [2.45, 2.75) is 65.8 Å². The zero-order valence-corrected chi connectivity index (χ0v) is 22.3. The molecule has 38 heavy (non-hydrogen) atoms. The maximum atomic E-state index is 12.3. The van der Waals surface area contributed by atoms with E-state index in [2.05, 4.69) is 16.8 Å². The van der Waals surface area contributed by atoms with E-state index < -0.39 is 6.10 Å². The zero-order valence-electron chi connectivity index (χ0n) is 22.3. The number of aromatic nitrogens is 2. The fourth-order valence-corrected chi connectivity index (χ4v) is 4.13. The number of oxazole rings is 2. The molecule has 0 aliphatic heterocycles. The SMILES string of the molecule is CCCCC(Oc1ccc(CN(Cc2ncco2)Cc2nc(-c3ccccc3)oc2C)cc1)C(=O)OCC. The van der Waals surface area contributed by atoms with Crippen LogP contribution in [0.3, 0.4) is 0 Å². The third-order valence-electron chi connectivity index (χ3n) is 6.11. The van der Waals surface area contributed by atoms with E-state index in [1.165, 1.54) is 0 Å². The van der Waals surface area contributed by atoms with Crippen molar-refractivity contribution in [2.24, 2.45) is 0 Å². The van der Waals surface area contributed by atoms with Gasteiger partial charge in [0, 0.05) is 18.7 Å². The first kappa shape index (κ1) is 27.1. The third-order valence-corrected chi connectivity index (χ3v) is 6.11. The highest BCUT2D eigenvalue weighted by Gasteiger charge is 2.22. The molecule has 0 aliphatic rings. The Bertz CT molecular complexity index is 1250. The summed E-state index contributed by atoms with van der Waals surface area (Å²) in [6, 6.07) is 17.7. The Hall–Kier alpha value is -3.91. The average Bonchev–Trinajstić information content (AvgIpc) is 3.57. The second kappa shape index (κ2) is 13.6. The van der Waals surface area contributed by atoms with Gasteiger partial charge in [-0.3, -0.25) is 4.90 Å². The van der Waals surface area contributed by atoms with Gasteiger partial charge in [0.15, 0.2) is 6.10 Å². The van der Waals surface area contributed by atoms with E-state index in [4.69, 9.17) is 23.3 Å². The van der Waals surface area contributed by atoms with Crippen LogP contribution in [0.5, 0.6) is 5.75 Å². The van der Waals surface area contributed by atoms with Crippen LogP contribution in [0.2, 0.25) is 0 Å². The molecule has 4 aromatic rings. The minimum absolute atomic E-state index is 0.319. The molecule has 2 heterocycles. The Kier molecular flexibility index (Phi) is 9.70. The van der Waals surface area contributed by atoms with Crippen LogP contribution >= 0.6 is 0 Å². The molecule has 0 radical (unpaired) electrons. The number of nitrogens with zero attached hydrogens (tertiary/aromatic N) is 3. The summed E-state index contributed by atoms with van der Waals surface area (Å²) in [5.41, 5.74) is 2.88. The number of carbonyl (C=O) groups is 1. The van der Waals surface area contributed by atoms with Crippen LogP contribution in [0.1, 0.15) is 56.0 Å². The van der Waals surface area contributed by atoms with E-state index in [1.807, 2.05) is 61.5 Å². The predicted molar refractivity (Wildman–Crippen MR) is 143 cm³/mol. The van der Waals surface area contributed by atoms with E-state index in [9.17, 15) is 4.79 Å². The lowest BCUT2D eigenvalue weighted by Crippen LogP contribution is -2.29. The molecule has 2 aromatic heterocycles. The van der Waals surface area contributed by atoms with Crippen molar-refractivity contribution < 1.29 is 23.1 Å². The van der Waals surface area contributed by atoms with E-state index >= 15 is 0 Å². The molecule has 0 aliphatic carbocycles. The summed E-state index contributed by atoms with van der Waals surface area (Å²) in [4.78, 5) is 23.6. The molecule has 2 aromatic carbocycles. The van der Waals surface area contributed by atoms with Crippen LogP contribution in [-0.2, 0) is 29.2 Å². The van der Waals surface area contributed by atoms with Gasteiger partial charge < -0.3 is 18.3 Å². The lowest BCUT2D eigenvalue weighted by atomic mass is 10.1. The molecule has 0 saturated heterocycles. The van der Waals surface area contributed by atoms with E-state index in [0.29, 0.717) is 50.2 Å². The molecule has 0 amide bonds. The molecule has 1 atom stereocenters. The largest absolute Gasteiger partial charge is 0.479 e. The molecule has 0 fully saturated rings. The zero-order chi connectivity index (χ0) is 26.7. The number of esters is 1. The number of aryl methyl sites for hydroxylation is 1. The van der Waals surface area contributed by atoms with Gasteiger partial charge in [-0.15, -0.1) is 0 Å². The Balaban J connectivity index is 1.47. The van der Waals surface area contributed by atoms with Crippen molar-refractivity contribution in [3.63, 3.8) is 0 Å². The first-order valence-corrected chi connectivity index (χ1v) is 13.1. The summed E-state index contributed by atoms with van der Waals surface area (Å²) >= 11 is 0. The summed E-state index contributed by atoms with van der Waals surface area (Å²) < 4.78 is 22.7. The smallest absolute Gasteiger partial charge is 0.347 e. The second-order valence-electron chi connectivity index (χ2n) is 9.10. The molecule has 0 saturated carbocycles. The Morgan fingerprint density at radius 2 is 1.82 bits per heavy atom. The fourth-order valence-electron chi connectivity index (χ4n) is 4.13. The van der Waals surface area contributed by atoms with Gasteiger partial charge in [-0.2, -0.15) is 0 Å². The van der Waals surface area contributed by atoms with Gasteiger partial charge in [-0.05, 0) is 56.5 Å². The number of hydrogen-bond acceptors (Lipinski definition) is 8. The Morgan fingerprint density at radius 1 is 1.03 bits per heavy atom. The highest BCUT2D eigenvalue weighted by molar-refractivity contribution is 5.75. The summed E-state index contributed by atoms with van der Waals surface area (Å²) in [6.07, 6.45) is 5.13. The molecule has 0 spiro atoms. The fraction of sp³-hybridized carbons (Fsp3) is 0.367. The van der Waals surface area contributed by atoms with Crippen LogP contribution in [0, 0.1) is 6.92 Å². The van der Waals surface area contributed by atoms with E-state index in [-0.39, 0.29) is 5.97 Å². The summed E-state index contributed by atoms with van der Waals surface area (Å²) in [5, 5.41) is 0. The third kappa shape index (κ3) is 7.55. The topological polar surface area (TPSA) is 90.8 Å². The van der Waals surface area contributed by atoms with Crippen LogP contribution in [0.15, 0.2) is 75.9 Å². The molecule has 0 N–H and O–H groups in total. The average molecular weight is 518 g/mol. The van der Waals surface area contributed by atoms with Gasteiger partial charge >= 0.3 is 5.97 Å². The Morgan fingerprint density at radius 3 is 2.50 bits per heavy atom. The standard InChI is InChI=1S/C30H35N3O5/c1-4-6-12-27(30(34)35-5-2)38-25-15-13-23(14-16-25)19-33(21-28-31-17-18-36-28)20-26-22(3)37-29(32-26)24-10-8-7-9-11-24/h7-11,13-18,27H,4-6,12,19-21H2,1-3H3. The van der Waals surface area contributed by atoms with Crippen LogP contribution in [0.25, 0.3) is 11.5 Å². The molecule has 8 nitrogen and oxygen atoms in total. The number of ether oxygens (including phenoxy) is 2. The van der Waals surface area contributed by atoms with Crippen molar-refractivity contribution >= 4 is 5.97 Å². The first-order valence-electron chi connectivity index (χ1n) is 13.1. The summed E-state index contributed by atoms with van der Waals surface area (Å²) in [5.74, 6) is 2.33. The number of unbranched alkanes of at least 4 members (excludes halogenated alkanes) is 1. The molecule has 4 rings (SSSR count). The van der Waals surface area contributed by atoms with Crippen molar-refractivity contribution in [1.82, 2.24) is 14.9 Å². The molecule has 1 unspecified atom stereocenters. The minimum Gasteiger partial charge on any atom is -0.479 e. The van der Waals surface area contributed by atoms with Crippen LogP contribution in [0.4, 0.5) is 0 Å². The van der Waals surface area contributed by atoms with Crippen molar-refractivity contribution in [1.29, 1.82) is 0 Å². The minimum atomic E-state index is -0.601.